The molecule has 10 heteroatoms. The molecule has 3 aliphatic carbocycles. The van der Waals surface area contributed by atoms with E-state index in [1.807, 2.05) is 61.5 Å². The van der Waals surface area contributed by atoms with Crippen LogP contribution in [0, 0.1) is 17.8 Å². The lowest BCUT2D eigenvalue weighted by Gasteiger charge is -2.42. The number of amides is 2. The first-order chi connectivity index (χ1) is 23.7. The lowest BCUT2D eigenvalue weighted by atomic mass is 9.59. The molecule has 7 rings (SSSR count). The van der Waals surface area contributed by atoms with Crippen LogP contribution in [-0.4, -0.2) is 55.8 Å². The summed E-state index contributed by atoms with van der Waals surface area (Å²) in [7, 11) is 3.93. The molecule has 10 nitrogen and oxygen atoms in total. The average molecular weight is 657 g/mol. The van der Waals surface area contributed by atoms with Crippen molar-refractivity contribution < 1.29 is 29.0 Å². The van der Waals surface area contributed by atoms with Gasteiger partial charge in [-0.25, -0.2) is 0 Å². The number of allylic oxidation sites excluding steroid dienone is 6. The molecule has 1 saturated heterocycles. The minimum absolute atomic E-state index is 0.120. The molecule has 0 unspecified atom stereocenters. The minimum atomic E-state index is -0.671. The number of aliphatic hydroxyl groups is 1. The van der Waals surface area contributed by atoms with Gasteiger partial charge < -0.3 is 14.7 Å². The number of fused-ring (bicyclic) bond motifs is 3. The molecule has 4 atom stereocenters. The van der Waals surface area contributed by atoms with Crippen LogP contribution in [0.4, 0.5) is 22.7 Å². The van der Waals surface area contributed by atoms with Gasteiger partial charge in [-0.05, 0) is 98.0 Å². The van der Waals surface area contributed by atoms with Crippen molar-refractivity contribution in [1.29, 1.82) is 0 Å². The van der Waals surface area contributed by atoms with Gasteiger partial charge in [-0.15, -0.1) is 0 Å². The number of rotatable bonds is 8. The van der Waals surface area contributed by atoms with E-state index >= 15 is 0 Å². The van der Waals surface area contributed by atoms with E-state index in [1.54, 1.807) is 43.3 Å². The number of aliphatic hydroxyl groups excluding tert-OH is 1. The number of azo groups is 1. The van der Waals surface area contributed by atoms with Crippen LogP contribution in [0.15, 0.2) is 117 Å². The first-order valence-corrected chi connectivity index (χ1v) is 16.4. The van der Waals surface area contributed by atoms with E-state index in [9.17, 15) is 19.2 Å². The number of carbonyl (C=O) groups excluding carboxylic acids is 4. The minimum Gasteiger partial charge on any atom is -0.491 e. The fourth-order valence-electron chi connectivity index (χ4n) is 7.52. The molecule has 0 aromatic heterocycles. The summed E-state index contributed by atoms with van der Waals surface area (Å²) in [4.78, 5) is 58.4. The summed E-state index contributed by atoms with van der Waals surface area (Å²) in [5, 5.41) is 17.8. The van der Waals surface area contributed by atoms with E-state index in [1.165, 1.54) is 11.0 Å². The van der Waals surface area contributed by atoms with Crippen molar-refractivity contribution in [2.75, 3.05) is 37.1 Å². The van der Waals surface area contributed by atoms with Crippen molar-refractivity contribution in [1.82, 2.24) is 0 Å². The predicted octanol–water partition coefficient (Wildman–Crippen LogP) is 6.17. The molecule has 1 heterocycles. The molecule has 248 valence electrons. The highest BCUT2D eigenvalue weighted by Gasteiger charge is 2.56. The molecule has 1 aliphatic heterocycles. The lowest BCUT2D eigenvalue weighted by Crippen LogP contribution is -2.39. The highest BCUT2D eigenvalue weighted by molar-refractivity contribution is 6.25. The number of ketones is 2. The summed E-state index contributed by atoms with van der Waals surface area (Å²) in [6.07, 6.45) is 3.95. The summed E-state index contributed by atoms with van der Waals surface area (Å²) in [6.45, 7) is 1.68. The molecular weight excluding hydrogens is 620 g/mol. The third kappa shape index (κ3) is 5.72. The summed E-state index contributed by atoms with van der Waals surface area (Å²) >= 11 is 0. The monoisotopic (exact) mass is 656 g/mol. The third-order valence-corrected chi connectivity index (χ3v) is 9.89. The molecule has 0 spiro atoms. The molecule has 0 radical (unpaired) electrons. The van der Waals surface area contributed by atoms with Crippen LogP contribution in [0.25, 0.3) is 0 Å². The van der Waals surface area contributed by atoms with E-state index < -0.39 is 23.7 Å². The number of anilines is 2. The molecule has 2 amide bonds. The van der Waals surface area contributed by atoms with Gasteiger partial charge in [0.05, 0.1) is 35.5 Å². The molecule has 0 bridgehead atoms. The van der Waals surface area contributed by atoms with Crippen molar-refractivity contribution in [3.63, 3.8) is 0 Å². The molecule has 4 aliphatic rings. The molecule has 49 heavy (non-hydrogen) atoms. The van der Waals surface area contributed by atoms with Crippen LogP contribution in [0.3, 0.4) is 0 Å². The normalized spacial score (nSPS) is 23.3. The number of hydrogen-bond acceptors (Lipinski definition) is 9. The van der Waals surface area contributed by atoms with Crippen molar-refractivity contribution in [2.45, 2.75) is 25.7 Å². The molecular formula is C39H36N4O6. The van der Waals surface area contributed by atoms with Gasteiger partial charge in [0.2, 0.25) is 11.8 Å². The van der Waals surface area contributed by atoms with Gasteiger partial charge in [-0.2, -0.15) is 10.2 Å². The Kier molecular flexibility index (Phi) is 8.42. The van der Waals surface area contributed by atoms with Gasteiger partial charge in [0, 0.05) is 42.4 Å². The molecule has 3 aromatic rings. The third-order valence-electron chi connectivity index (χ3n) is 9.89. The molecule has 1 fully saturated rings. The fraction of sp³-hybridized carbons (Fsp3) is 0.282. The van der Waals surface area contributed by atoms with Gasteiger partial charge in [0.25, 0.3) is 0 Å². The topological polar surface area (TPSA) is 129 Å². The predicted molar refractivity (Wildman–Crippen MR) is 184 cm³/mol. The zero-order valence-corrected chi connectivity index (χ0v) is 27.5. The van der Waals surface area contributed by atoms with Gasteiger partial charge in [-0.3, -0.25) is 24.1 Å². The zero-order valence-electron chi connectivity index (χ0n) is 27.5. The van der Waals surface area contributed by atoms with Crippen LogP contribution in [0.1, 0.15) is 31.2 Å². The highest BCUT2D eigenvalue weighted by atomic mass is 16.5. The summed E-state index contributed by atoms with van der Waals surface area (Å²) < 4.78 is 5.55. The number of ether oxygens (including phenoxy) is 1. The van der Waals surface area contributed by atoms with Crippen LogP contribution in [-0.2, 0) is 19.2 Å². The maximum absolute atomic E-state index is 14.2. The Hall–Kier alpha value is -5.48. The largest absolute Gasteiger partial charge is 0.491 e. The number of benzene rings is 3. The molecule has 0 saturated carbocycles. The number of nitrogens with zero attached hydrogens (tertiary/aromatic N) is 4. The van der Waals surface area contributed by atoms with Crippen molar-refractivity contribution >= 4 is 46.1 Å². The summed E-state index contributed by atoms with van der Waals surface area (Å²) in [5.41, 5.74) is 5.70. The quantitative estimate of drug-likeness (QED) is 0.133. The van der Waals surface area contributed by atoms with Gasteiger partial charge in [-0.1, -0.05) is 23.8 Å². The summed E-state index contributed by atoms with van der Waals surface area (Å²) in [6, 6.07) is 21.8. The van der Waals surface area contributed by atoms with Crippen molar-refractivity contribution in [2.24, 2.45) is 28.0 Å². The molecule has 3 aromatic carbocycles. The van der Waals surface area contributed by atoms with Crippen LogP contribution in [0.2, 0.25) is 0 Å². The first kappa shape index (κ1) is 32.1. The highest BCUT2D eigenvalue weighted by Crippen LogP contribution is 2.55. The Morgan fingerprint density at radius 3 is 2.14 bits per heavy atom. The van der Waals surface area contributed by atoms with E-state index in [2.05, 4.69) is 10.2 Å². The van der Waals surface area contributed by atoms with E-state index in [0.717, 1.165) is 16.8 Å². The Morgan fingerprint density at radius 2 is 1.51 bits per heavy atom. The number of hydrogen-bond donors (Lipinski definition) is 1. The van der Waals surface area contributed by atoms with Crippen LogP contribution >= 0.6 is 0 Å². The number of imide groups is 1. The van der Waals surface area contributed by atoms with Crippen LogP contribution in [0.5, 0.6) is 5.75 Å². The smallest absolute Gasteiger partial charge is 0.238 e. The Morgan fingerprint density at radius 1 is 0.857 bits per heavy atom. The maximum atomic E-state index is 14.2. The van der Waals surface area contributed by atoms with Crippen molar-refractivity contribution in [3.8, 4) is 5.75 Å². The Balaban J connectivity index is 1.17. The van der Waals surface area contributed by atoms with Crippen LogP contribution < -0.4 is 14.5 Å². The Labute approximate surface area is 284 Å². The lowest BCUT2D eigenvalue weighted by molar-refractivity contribution is -0.123. The average Bonchev–Trinajstić information content (AvgIpc) is 3.37. The van der Waals surface area contributed by atoms with Gasteiger partial charge in [0.1, 0.15) is 12.4 Å². The summed E-state index contributed by atoms with van der Waals surface area (Å²) in [5.74, 6) is -2.63. The second kappa shape index (κ2) is 12.9. The Bertz CT molecular complexity index is 1970. The number of carbonyl (C=O) groups is 4. The van der Waals surface area contributed by atoms with E-state index in [0.29, 0.717) is 46.0 Å². The molecule has 1 N–H and O–H groups in total. The second-order valence-electron chi connectivity index (χ2n) is 13.0. The first-order valence-electron chi connectivity index (χ1n) is 16.4. The number of Topliss-reactive ketones (excluding diaryl/α,β-unsaturated/α-hetero) is 1. The maximum Gasteiger partial charge on any atom is 0.238 e. The standard InChI is InChI=1S/C39H36N4O6/c1-22-20-33(45)32-21-31-29(34(36(32)37(22)46)23-4-14-28(15-5-23)49-19-18-44)16-17-30-35(31)39(48)43(38(30)47)27-12-8-25(9-13-27)41-40-24-6-10-26(11-7-24)42(2)3/h4-16,20,30-31,34-35,44H,17-19,21H2,1-3H3/t30-,31+,34-,35-/m0/s1. The van der Waals surface area contributed by atoms with Crippen molar-refractivity contribution in [3.05, 3.63) is 113 Å². The zero-order chi connectivity index (χ0) is 34.4. The fourth-order valence-corrected chi connectivity index (χ4v) is 7.52. The second-order valence-corrected chi connectivity index (χ2v) is 13.0. The van der Waals surface area contributed by atoms with Gasteiger partial charge in [0.15, 0.2) is 11.6 Å². The van der Waals surface area contributed by atoms with E-state index in [-0.39, 0.29) is 43.0 Å². The van der Waals surface area contributed by atoms with E-state index in [4.69, 9.17) is 9.84 Å². The van der Waals surface area contributed by atoms with Gasteiger partial charge >= 0.3 is 0 Å². The SMILES string of the molecule is CC1=CC(=O)C2=C(C1=O)[C@@H](c1ccc(OCCO)cc1)C1=CC[C@@H]3C(=O)N(c4ccc(N=Nc5ccc(N(C)C)cc5)cc4)C(=O)[C@@H]3[C@@H]1C2.